The lowest BCUT2D eigenvalue weighted by atomic mass is 10.2. The van der Waals surface area contributed by atoms with Crippen LogP contribution in [0.15, 0.2) is 22.7 Å². The van der Waals surface area contributed by atoms with Gasteiger partial charge in [0.2, 0.25) is 0 Å². The number of aldehydes is 1. The maximum atomic E-state index is 11.0. The zero-order chi connectivity index (χ0) is 12.6. The maximum Gasteiger partial charge on any atom is 0.153 e. The summed E-state index contributed by atoms with van der Waals surface area (Å²) < 4.78 is 2.87. The highest BCUT2D eigenvalue weighted by molar-refractivity contribution is 9.10. The molecule has 4 heteroatoms. The quantitative estimate of drug-likeness (QED) is 0.796. The first-order valence-corrected chi connectivity index (χ1v) is 6.12. The summed E-state index contributed by atoms with van der Waals surface area (Å²) >= 11 is 3.47. The second kappa shape index (κ2) is 4.45. The molecule has 0 fully saturated rings. The van der Waals surface area contributed by atoms with Gasteiger partial charge < -0.3 is 0 Å². The predicted octanol–water partition coefficient (Wildman–Crippen LogP) is 3.37. The number of halogens is 1. The van der Waals surface area contributed by atoms with E-state index in [0.29, 0.717) is 5.56 Å². The normalized spacial score (nSPS) is 10.6. The van der Waals surface area contributed by atoms with Gasteiger partial charge in [0.05, 0.1) is 22.6 Å². The molecule has 0 amide bonds. The molecule has 0 radical (unpaired) electrons. The van der Waals surface area contributed by atoms with E-state index in [1.807, 2.05) is 39.0 Å². The van der Waals surface area contributed by atoms with Crippen LogP contribution in [0.3, 0.4) is 0 Å². The van der Waals surface area contributed by atoms with Gasteiger partial charge in [0.1, 0.15) is 0 Å². The van der Waals surface area contributed by atoms with Crippen LogP contribution in [0.1, 0.15) is 27.3 Å². The molecule has 17 heavy (non-hydrogen) atoms. The first-order valence-electron chi connectivity index (χ1n) is 5.32. The number of hydrogen-bond donors (Lipinski definition) is 0. The van der Waals surface area contributed by atoms with Gasteiger partial charge in [-0.15, -0.1) is 0 Å². The SMILES string of the molecule is Cc1cc(-n2nc(C)c(C=O)c2C)ccc1Br. The third-order valence-corrected chi connectivity index (χ3v) is 3.74. The predicted molar refractivity (Wildman–Crippen MR) is 70.9 cm³/mol. The number of hydrogen-bond acceptors (Lipinski definition) is 2. The van der Waals surface area contributed by atoms with Gasteiger partial charge in [-0.1, -0.05) is 15.9 Å². The van der Waals surface area contributed by atoms with Crippen LogP contribution in [-0.2, 0) is 0 Å². The Labute approximate surface area is 109 Å². The summed E-state index contributed by atoms with van der Waals surface area (Å²) in [6.45, 7) is 5.78. The van der Waals surface area contributed by atoms with Gasteiger partial charge in [-0.3, -0.25) is 4.79 Å². The molecule has 0 saturated heterocycles. The van der Waals surface area contributed by atoms with Crippen molar-refractivity contribution < 1.29 is 4.79 Å². The second-order valence-corrected chi connectivity index (χ2v) is 4.90. The number of rotatable bonds is 2. The molecule has 0 unspecified atom stereocenters. The molecule has 2 rings (SSSR count). The highest BCUT2D eigenvalue weighted by Crippen LogP contribution is 2.21. The standard InChI is InChI=1S/C13H13BrN2O/c1-8-6-11(4-5-13(8)14)16-10(3)12(7-17)9(2)15-16/h4-7H,1-3H3. The van der Waals surface area contributed by atoms with Crippen molar-refractivity contribution in [1.29, 1.82) is 0 Å². The van der Waals surface area contributed by atoms with E-state index in [4.69, 9.17) is 0 Å². The Kier molecular flexibility index (Phi) is 3.15. The molecule has 0 aliphatic carbocycles. The van der Waals surface area contributed by atoms with Crippen molar-refractivity contribution in [3.8, 4) is 5.69 Å². The number of benzene rings is 1. The fourth-order valence-electron chi connectivity index (χ4n) is 1.84. The van der Waals surface area contributed by atoms with Gasteiger partial charge in [-0.25, -0.2) is 4.68 Å². The molecule has 0 spiro atoms. The largest absolute Gasteiger partial charge is 0.298 e. The van der Waals surface area contributed by atoms with E-state index >= 15 is 0 Å². The van der Waals surface area contributed by atoms with E-state index in [1.165, 1.54) is 0 Å². The minimum atomic E-state index is 0.672. The Morgan fingerprint density at radius 3 is 2.53 bits per heavy atom. The summed E-state index contributed by atoms with van der Waals surface area (Å²) in [5, 5.41) is 4.39. The van der Waals surface area contributed by atoms with Crippen LogP contribution >= 0.6 is 15.9 Å². The third-order valence-electron chi connectivity index (χ3n) is 2.85. The Morgan fingerprint density at radius 1 is 1.29 bits per heavy atom. The summed E-state index contributed by atoms with van der Waals surface area (Å²) in [5.41, 5.74) is 4.42. The van der Waals surface area contributed by atoms with E-state index in [1.54, 1.807) is 4.68 Å². The molecule has 0 N–H and O–H groups in total. The number of carbonyl (C=O) groups excluding carboxylic acids is 1. The minimum absolute atomic E-state index is 0.672. The van der Waals surface area contributed by atoms with Crippen molar-refractivity contribution in [2.24, 2.45) is 0 Å². The van der Waals surface area contributed by atoms with Crippen molar-refractivity contribution in [3.05, 3.63) is 45.2 Å². The van der Waals surface area contributed by atoms with Crippen molar-refractivity contribution in [1.82, 2.24) is 9.78 Å². The monoisotopic (exact) mass is 292 g/mol. The second-order valence-electron chi connectivity index (χ2n) is 4.05. The first kappa shape index (κ1) is 12.0. The molecular weight excluding hydrogens is 280 g/mol. The zero-order valence-corrected chi connectivity index (χ0v) is 11.6. The average molecular weight is 293 g/mol. The van der Waals surface area contributed by atoms with Crippen LogP contribution in [0.2, 0.25) is 0 Å². The molecule has 0 aliphatic heterocycles. The Hall–Kier alpha value is -1.42. The molecule has 1 heterocycles. The topological polar surface area (TPSA) is 34.9 Å². The molecule has 0 aliphatic rings. The highest BCUT2D eigenvalue weighted by atomic mass is 79.9. The van der Waals surface area contributed by atoms with Crippen molar-refractivity contribution >= 4 is 22.2 Å². The Morgan fingerprint density at radius 2 is 2.00 bits per heavy atom. The fourth-order valence-corrected chi connectivity index (χ4v) is 2.08. The van der Waals surface area contributed by atoms with E-state index in [9.17, 15) is 4.79 Å². The maximum absolute atomic E-state index is 11.0. The van der Waals surface area contributed by atoms with Crippen LogP contribution in [0.5, 0.6) is 0 Å². The van der Waals surface area contributed by atoms with Gasteiger partial charge in [0, 0.05) is 4.47 Å². The van der Waals surface area contributed by atoms with E-state index < -0.39 is 0 Å². The summed E-state index contributed by atoms with van der Waals surface area (Å²) in [7, 11) is 0. The molecular formula is C13H13BrN2O. The van der Waals surface area contributed by atoms with E-state index in [2.05, 4.69) is 21.0 Å². The Balaban J connectivity index is 2.60. The summed E-state index contributed by atoms with van der Waals surface area (Å²) in [6.07, 6.45) is 0.861. The van der Waals surface area contributed by atoms with Gasteiger partial charge in [0.25, 0.3) is 0 Å². The minimum Gasteiger partial charge on any atom is -0.298 e. The average Bonchev–Trinajstić information content (AvgIpc) is 2.58. The molecule has 0 saturated carbocycles. The molecule has 1 aromatic heterocycles. The van der Waals surface area contributed by atoms with Crippen molar-refractivity contribution in [2.75, 3.05) is 0 Å². The van der Waals surface area contributed by atoms with Crippen LogP contribution < -0.4 is 0 Å². The number of aromatic nitrogens is 2. The molecule has 0 bridgehead atoms. The third kappa shape index (κ3) is 2.05. The first-order chi connectivity index (χ1) is 8.04. The number of carbonyl (C=O) groups is 1. The van der Waals surface area contributed by atoms with Crippen LogP contribution in [0, 0.1) is 20.8 Å². The lowest BCUT2D eigenvalue weighted by molar-refractivity contribution is 0.112. The Bertz CT molecular complexity index is 587. The smallest absolute Gasteiger partial charge is 0.153 e. The summed E-state index contributed by atoms with van der Waals surface area (Å²) in [4.78, 5) is 11.0. The van der Waals surface area contributed by atoms with Crippen LogP contribution in [0.25, 0.3) is 5.69 Å². The molecule has 1 aromatic carbocycles. The van der Waals surface area contributed by atoms with Crippen LogP contribution in [-0.4, -0.2) is 16.1 Å². The molecule has 88 valence electrons. The lowest BCUT2D eigenvalue weighted by Crippen LogP contribution is -2.00. The van der Waals surface area contributed by atoms with E-state index in [0.717, 1.165) is 33.4 Å². The van der Waals surface area contributed by atoms with Gasteiger partial charge in [-0.2, -0.15) is 5.10 Å². The molecule has 2 aromatic rings. The summed E-state index contributed by atoms with van der Waals surface area (Å²) in [5.74, 6) is 0. The van der Waals surface area contributed by atoms with Gasteiger partial charge in [-0.05, 0) is 44.5 Å². The molecule has 0 atom stereocenters. The fraction of sp³-hybridized carbons (Fsp3) is 0.231. The summed E-state index contributed by atoms with van der Waals surface area (Å²) in [6, 6.07) is 6.00. The zero-order valence-electron chi connectivity index (χ0n) is 9.99. The van der Waals surface area contributed by atoms with Crippen molar-refractivity contribution in [3.63, 3.8) is 0 Å². The van der Waals surface area contributed by atoms with E-state index in [-0.39, 0.29) is 0 Å². The van der Waals surface area contributed by atoms with Crippen LogP contribution in [0.4, 0.5) is 0 Å². The molecule has 3 nitrogen and oxygen atoms in total. The number of nitrogens with zero attached hydrogens (tertiary/aromatic N) is 2. The number of aryl methyl sites for hydroxylation is 2. The lowest BCUT2D eigenvalue weighted by Gasteiger charge is -2.06. The van der Waals surface area contributed by atoms with Gasteiger partial charge >= 0.3 is 0 Å². The van der Waals surface area contributed by atoms with Crippen molar-refractivity contribution in [2.45, 2.75) is 20.8 Å². The highest BCUT2D eigenvalue weighted by Gasteiger charge is 2.12. The van der Waals surface area contributed by atoms with Gasteiger partial charge in [0.15, 0.2) is 6.29 Å².